The fourth-order valence-corrected chi connectivity index (χ4v) is 1.55. The Morgan fingerprint density at radius 2 is 2.00 bits per heavy atom. The summed E-state index contributed by atoms with van der Waals surface area (Å²) in [4.78, 5) is 21.0. The summed E-state index contributed by atoms with van der Waals surface area (Å²) in [5, 5.41) is -0.517. The van der Waals surface area contributed by atoms with Gasteiger partial charge in [0.1, 0.15) is 0 Å². The van der Waals surface area contributed by atoms with Crippen LogP contribution in [0.25, 0.3) is 0 Å². The highest BCUT2D eigenvalue weighted by molar-refractivity contribution is 6.68. The minimum absolute atomic E-state index is 0.0451. The van der Waals surface area contributed by atoms with Crippen molar-refractivity contribution in [2.45, 2.75) is 0 Å². The normalized spacial score (nSPS) is 9.64. The molecule has 0 atom stereocenters. The maximum absolute atomic E-state index is 10.9. The first-order chi connectivity index (χ1) is 6.56. The molecule has 0 amide bonds. The molecule has 0 aliphatic rings. The van der Waals surface area contributed by atoms with Gasteiger partial charge >= 0.3 is 0 Å². The van der Waals surface area contributed by atoms with E-state index in [2.05, 4.69) is 4.74 Å². The minimum atomic E-state index is -0.800. The lowest BCUT2D eigenvalue weighted by atomic mass is 10.2. The average molecular weight is 253 g/mol. The molecule has 0 aliphatic heterocycles. The first-order valence-electron chi connectivity index (χ1n) is 3.35. The zero-order valence-corrected chi connectivity index (χ0v) is 8.86. The summed E-state index contributed by atoms with van der Waals surface area (Å²) >= 11 is 16.5. The van der Waals surface area contributed by atoms with Gasteiger partial charge in [0.2, 0.25) is 0 Å². The predicted octanol–water partition coefficient (Wildman–Crippen LogP) is 2.91. The number of rotatable bonds is 3. The molecular weight excluding hydrogens is 250 g/mol. The van der Waals surface area contributed by atoms with Crippen LogP contribution in [0.15, 0.2) is 12.1 Å². The number of ether oxygens (including phenoxy) is 1. The summed E-state index contributed by atoms with van der Waals surface area (Å²) in [5.41, 5.74) is -0.0451. The number of carbonyl (C=O) groups is 2. The summed E-state index contributed by atoms with van der Waals surface area (Å²) in [7, 11) is 0. The molecule has 1 rings (SSSR count). The second-order valence-corrected chi connectivity index (χ2v) is 3.44. The molecule has 0 aliphatic carbocycles. The molecule has 0 radical (unpaired) electrons. The van der Waals surface area contributed by atoms with Crippen molar-refractivity contribution in [1.82, 2.24) is 0 Å². The summed E-state index contributed by atoms with van der Waals surface area (Å²) < 4.78 is 4.51. The van der Waals surface area contributed by atoms with Crippen LogP contribution in [0.4, 0.5) is 0 Å². The molecule has 1 aromatic rings. The van der Waals surface area contributed by atoms with Crippen molar-refractivity contribution in [3.63, 3.8) is 0 Å². The van der Waals surface area contributed by atoms with E-state index in [4.69, 9.17) is 34.8 Å². The van der Waals surface area contributed by atoms with E-state index in [-0.39, 0.29) is 27.8 Å². The van der Waals surface area contributed by atoms with Crippen LogP contribution in [0.2, 0.25) is 10.0 Å². The lowest BCUT2D eigenvalue weighted by molar-refractivity contribution is -0.120. The summed E-state index contributed by atoms with van der Waals surface area (Å²) in [6, 6.07) is 2.60. The van der Waals surface area contributed by atoms with Gasteiger partial charge in [0.25, 0.3) is 11.7 Å². The maximum Gasteiger partial charge on any atom is 0.298 e. The van der Waals surface area contributed by atoms with Gasteiger partial charge in [0.15, 0.2) is 5.75 Å². The van der Waals surface area contributed by atoms with Crippen molar-refractivity contribution in [2.24, 2.45) is 0 Å². The van der Waals surface area contributed by atoms with Gasteiger partial charge in [-0.25, -0.2) is 0 Å². The highest BCUT2D eigenvalue weighted by Crippen LogP contribution is 2.32. The summed E-state index contributed by atoms with van der Waals surface area (Å²) in [6.07, 6.45) is 0. The summed E-state index contributed by atoms with van der Waals surface area (Å²) in [5.74, 6) is -0.0916. The van der Waals surface area contributed by atoms with Crippen molar-refractivity contribution in [2.75, 3.05) is 0 Å². The highest BCUT2D eigenvalue weighted by Gasteiger charge is 2.15. The minimum Gasteiger partial charge on any atom is -0.426 e. The van der Waals surface area contributed by atoms with E-state index in [1.807, 2.05) is 0 Å². The van der Waals surface area contributed by atoms with Gasteiger partial charge in [-0.2, -0.15) is 0 Å². The molecule has 1 aromatic carbocycles. The summed E-state index contributed by atoms with van der Waals surface area (Å²) in [6.45, 7) is 0.151. The predicted molar refractivity (Wildman–Crippen MR) is 53.3 cm³/mol. The number of hydrogen-bond donors (Lipinski definition) is 0. The van der Waals surface area contributed by atoms with Crippen LogP contribution in [0.5, 0.6) is 5.75 Å². The van der Waals surface area contributed by atoms with Gasteiger partial charge in [-0.1, -0.05) is 23.2 Å². The van der Waals surface area contributed by atoms with E-state index in [1.165, 1.54) is 12.1 Å². The molecule has 0 bridgehead atoms. The Kier molecular flexibility index (Phi) is 3.75. The lowest BCUT2D eigenvalue weighted by Crippen LogP contribution is -1.98. The van der Waals surface area contributed by atoms with E-state index >= 15 is 0 Å². The van der Waals surface area contributed by atoms with Crippen LogP contribution in [-0.4, -0.2) is 11.7 Å². The molecule has 0 saturated heterocycles. The third-order valence-electron chi connectivity index (χ3n) is 1.39. The highest BCUT2D eigenvalue weighted by atomic mass is 35.5. The molecule has 3 nitrogen and oxygen atoms in total. The quantitative estimate of drug-likeness (QED) is 0.614. The Balaban J connectivity index is 3.35. The topological polar surface area (TPSA) is 43.4 Å². The Hall–Kier alpha value is -0.770. The van der Waals surface area contributed by atoms with Gasteiger partial charge in [0.05, 0.1) is 10.6 Å². The molecule has 0 unspecified atom stereocenters. The fourth-order valence-electron chi connectivity index (χ4n) is 0.874. The molecule has 14 heavy (non-hydrogen) atoms. The third kappa shape index (κ3) is 2.38. The van der Waals surface area contributed by atoms with Gasteiger partial charge in [-0.15, -0.1) is 0 Å². The molecule has 0 spiro atoms. The number of halogens is 3. The number of hydrogen-bond acceptors (Lipinski definition) is 3. The second-order valence-electron chi connectivity index (χ2n) is 2.25. The van der Waals surface area contributed by atoms with Crippen LogP contribution >= 0.6 is 34.8 Å². The standard InChI is InChI=1S/C8H3Cl3O3/c9-4-1-5(8(11)13)7(14-3-12)6(10)2-4/h1-3H. The van der Waals surface area contributed by atoms with Gasteiger partial charge in [0, 0.05) is 5.02 Å². The van der Waals surface area contributed by atoms with E-state index < -0.39 is 5.24 Å². The Labute approximate surface area is 94.5 Å². The van der Waals surface area contributed by atoms with Crippen molar-refractivity contribution in [3.8, 4) is 5.75 Å². The molecule has 0 saturated carbocycles. The monoisotopic (exact) mass is 252 g/mol. The maximum atomic E-state index is 10.9. The zero-order valence-electron chi connectivity index (χ0n) is 6.59. The molecule has 74 valence electrons. The smallest absolute Gasteiger partial charge is 0.298 e. The molecule has 6 heteroatoms. The van der Waals surface area contributed by atoms with Crippen LogP contribution in [0.3, 0.4) is 0 Å². The molecule has 0 N–H and O–H groups in total. The fraction of sp³-hybridized carbons (Fsp3) is 0. The lowest BCUT2D eigenvalue weighted by Gasteiger charge is -2.05. The molecule has 0 aromatic heterocycles. The average Bonchev–Trinajstić information content (AvgIpc) is 2.09. The van der Waals surface area contributed by atoms with E-state index in [0.29, 0.717) is 0 Å². The SMILES string of the molecule is O=COc1c(Cl)cc(Cl)cc1C(=O)Cl. The van der Waals surface area contributed by atoms with E-state index in [0.717, 1.165) is 0 Å². The molecular formula is C8H3Cl3O3. The van der Waals surface area contributed by atoms with Crippen LogP contribution in [0, 0.1) is 0 Å². The largest absolute Gasteiger partial charge is 0.426 e. The second kappa shape index (κ2) is 4.64. The first-order valence-corrected chi connectivity index (χ1v) is 4.49. The van der Waals surface area contributed by atoms with Crippen molar-refractivity contribution >= 4 is 46.5 Å². The van der Waals surface area contributed by atoms with Crippen LogP contribution < -0.4 is 4.74 Å². The Morgan fingerprint density at radius 1 is 1.36 bits per heavy atom. The van der Waals surface area contributed by atoms with Crippen molar-refractivity contribution < 1.29 is 14.3 Å². The number of carbonyl (C=O) groups excluding carboxylic acids is 2. The van der Waals surface area contributed by atoms with E-state index in [1.54, 1.807) is 0 Å². The van der Waals surface area contributed by atoms with E-state index in [9.17, 15) is 9.59 Å². The van der Waals surface area contributed by atoms with Gasteiger partial charge in [-0.3, -0.25) is 9.59 Å². The zero-order chi connectivity index (χ0) is 10.7. The number of benzene rings is 1. The van der Waals surface area contributed by atoms with Gasteiger partial charge in [-0.05, 0) is 23.7 Å². The van der Waals surface area contributed by atoms with Crippen molar-refractivity contribution in [1.29, 1.82) is 0 Å². The molecule has 0 heterocycles. The van der Waals surface area contributed by atoms with Crippen LogP contribution in [0.1, 0.15) is 10.4 Å². The third-order valence-corrected chi connectivity index (χ3v) is 2.09. The van der Waals surface area contributed by atoms with Crippen molar-refractivity contribution in [3.05, 3.63) is 27.7 Å². The molecule has 0 fully saturated rings. The van der Waals surface area contributed by atoms with Crippen LogP contribution in [-0.2, 0) is 4.79 Å². The first kappa shape index (κ1) is 11.3. The Morgan fingerprint density at radius 3 is 2.50 bits per heavy atom. The van der Waals surface area contributed by atoms with Gasteiger partial charge < -0.3 is 4.74 Å². The Bertz CT molecular complexity index is 390.